The van der Waals surface area contributed by atoms with Crippen LogP contribution < -0.4 is 11.1 Å². The Morgan fingerprint density at radius 2 is 1.96 bits per heavy atom. The van der Waals surface area contributed by atoms with Gasteiger partial charge in [0, 0.05) is 12.5 Å². The van der Waals surface area contributed by atoms with E-state index in [0.29, 0.717) is 5.56 Å². The van der Waals surface area contributed by atoms with Gasteiger partial charge in [-0.3, -0.25) is 4.79 Å². The third kappa shape index (κ3) is 3.99. The molecule has 1 fully saturated rings. The Labute approximate surface area is 163 Å². The summed E-state index contributed by atoms with van der Waals surface area (Å²) < 4.78 is 24.6. The molecule has 0 saturated carbocycles. The van der Waals surface area contributed by atoms with E-state index >= 15 is 0 Å². The van der Waals surface area contributed by atoms with E-state index < -0.39 is 33.1 Å². The first-order valence-corrected chi connectivity index (χ1v) is 10.7. The minimum Gasteiger partial charge on any atom is -0.384 e. The van der Waals surface area contributed by atoms with Crippen molar-refractivity contribution in [3.8, 4) is 0 Å². The molecule has 0 radical (unpaired) electrons. The lowest BCUT2D eigenvalue weighted by molar-refractivity contribution is -0.145. The highest BCUT2D eigenvalue weighted by atomic mass is 32.2. The molecule has 0 aliphatic carbocycles. The summed E-state index contributed by atoms with van der Waals surface area (Å²) in [5, 5.41) is 1.49. The van der Waals surface area contributed by atoms with Crippen LogP contribution in [0.1, 0.15) is 24.1 Å². The summed E-state index contributed by atoms with van der Waals surface area (Å²) in [5.41, 5.74) is 7.19. The molecule has 1 aromatic carbocycles. The van der Waals surface area contributed by atoms with E-state index in [1.54, 1.807) is 19.1 Å². The number of hydrogen-bond donors (Lipinski definition) is 2. The van der Waals surface area contributed by atoms with Gasteiger partial charge in [0.1, 0.15) is 5.82 Å². The lowest BCUT2D eigenvalue weighted by atomic mass is 9.91. The van der Waals surface area contributed by atoms with Crippen LogP contribution in [0.15, 0.2) is 48.7 Å². The molecule has 8 nitrogen and oxygen atoms in total. The number of nitrogens with one attached hydrogen (secondary N) is 1. The van der Waals surface area contributed by atoms with Crippen molar-refractivity contribution in [1.82, 2.24) is 15.2 Å². The Morgan fingerprint density at radius 1 is 1.29 bits per heavy atom. The molecule has 2 aromatic rings. The van der Waals surface area contributed by atoms with Crippen molar-refractivity contribution in [2.75, 3.05) is 12.0 Å². The number of likely N-dealkylation sites (tertiary alicyclic amines) is 1. The van der Waals surface area contributed by atoms with E-state index in [-0.39, 0.29) is 18.3 Å². The molecule has 3 amide bonds. The molecule has 9 heteroatoms. The normalized spacial score (nSPS) is 20.4. The first-order chi connectivity index (χ1) is 13.2. The van der Waals surface area contributed by atoms with Crippen LogP contribution in [-0.2, 0) is 21.1 Å². The zero-order valence-electron chi connectivity index (χ0n) is 15.6. The zero-order chi connectivity index (χ0) is 20.5. The van der Waals surface area contributed by atoms with Crippen LogP contribution in [0.2, 0.25) is 0 Å². The minimum atomic E-state index is -3.68. The maximum Gasteiger partial charge on any atom is 0.325 e. The summed E-state index contributed by atoms with van der Waals surface area (Å²) in [4.78, 5) is 29.9. The van der Waals surface area contributed by atoms with Gasteiger partial charge in [0.25, 0.3) is 0 Å². The number of sulfone groups is 1. The number of aromatic nitrogens is 1. The molecule has 3 atom stereocenters. The average molecular weight is 402 g/mol. The maximum atomic E-state index is 12.6. The summed E-state index contributed by atoms with van der Waals surface area (Å²) >= 11 is 0. The van der Waals surface area contributed by atoms with Gasteiger partial charge in [-0.1, -0.05) is 30.3 Å². The Kier molecular flexibility index (Phi) is 5.37. The maximum absolute atomic E-state index is 12.6. The summed E-state index contributed by atoms with van der Waals surface area (Å²) in [6.45, 7) is 1.77. The van der Waals surface area contributed by atoms with Crippen LogP contribution in [0.25, 0.3) is 0 Å². The highest BCUT2D eigenvalue weighted by Gasteiger charge is 2.55. The number of carbonyl (C=O) groups excluding carboxylic acids is 2. The van der Waals surface area contributed by atoms with Gasteiger partial charge in [-0.2, -0.15) is 0 Å². The number of hydrogen-bond acceptors (Lipinski definition) is 6. The fourth-order valence-electron chi connectivity index (χ4n) is 3.37. The third-order valence-electron chi connectivity index (χ3n) is 4.75. The van der Waals surface area contributed by atoms with Crippen molar-refractivity contribution >= 4 is 27.6 Å². The van der Waals surface area contributed by atoms with Crippen LogP contribution in [-0.4, -0.2) is 41.9 Å². The van der Waals surface area contributed by atoms with E-state index in [1.165, 1.54) is 6.20 Å². The van der Waals surface area contributed by atoms with Gasteiger partial charge in [0.2, 0.25) is 5.91 Å². The molecule has 1 aromatic heterocycles. The number of rotatable bonds is 5. The lowest BCUT2D eigenvalue weighted by Crippen LogP contribution is -2.68. The first-order valence-electron chi connectivity index (χ1n) is 8.76. The summed E-state index contributed by atoms with van der Waals surface area (Å²) in [7, 11) is -3.68. The van der Waals surface area contributed by atoms with Gasteiger partial charge in [-0.15, -0.1) is 0 Å². The Morgan fingerprint density at radius 3 is 2.57 bits per heavy atom. The molecule has 0 spiro atoms. The van der Waals surface area contributed by atoms with Crippen molar-refractivity contribution < 1.29 is 18.0 Å². The standard InChI is InChI=1S/C19H22N4O4S/c1-12(14-6-4-3-5-7-14)22-19(25)23-17(24)15(18(23)28(2,26)27)10-13-8-9-21-16(20)11-13/h3-9,11-12,15,18H,10H2,1-2H3,(H2,20,21)(H,22,25)/t12-,15?,18-/m1/s1. The predicted molar refractivity (Wildman–Crippen MR) is 105 cm³/mol. The van der Waals surface area contributed by atoms with E-state index in [1.807, 2.05) is 30.3 Å². The third-order valence-corrected chi connectivity index (χ3v) is 6.17. The number of β-lactam (4-membered cyclic amide) rings is 1. The molecule has 28 heavy (non-hydrogen) atoms. The number of pyridine rings is 1. The second kappa shape index (κ2) is 7.59. The number of anilines is 1. The second-order valence-electron chi connectivity index (χ2n) is 6.91. The van der Waals surface area contributed by atoms with Gasteiger partial charge in [0.15, 0.2) is 15.2 Å². The van der Waals surface area contributed by atoms with Gasteiger partial charge in [-0.05, 0) is 36.6 Å². The number of nitrogens with zero attached hydrogens (tertiary/aromatic N) is 2. The lowest BCUT2D eigenvalue weighted by Gasteiger charge is -2.44. The summed E-state index contributed by atoms with van der Waals surface area (Å²) in [6.07, 6.45) is 2.69. The van der Waals surface area contributed by atoms with Gasteiger partial charge >= 0.3 is 6.03 Å². The number of carbonyl (C=O) groups is 2. The average Bonchev–Trinajstić information content (AvgIpc) is 2.63. The highest BCUT2D eigenvalue weighted by molar-refractivity contribution is 7.91. The smallest absolute Gasteiger partial charge is 0.325 e. The van der Waals surface area contributed by atoms with Crippen LogP contribution in [0.4, 0.5) is 10.6 Å². The van der Waals surface area contributed by atoms with Crippen LogP contribution >= 0.6 is 0 Å². The molecule has 2 heterocycles. The molecule has 0 bridgehead atoms. The quantitative estimate of drug-likeness (QED) is 0.731. The monoisotopic (exact) mass is 402 g/mol. The van der Waals surface area contributed by atoms with Crippen molar-refractivity contribution in [2.45, 2.75) is 24.8 Å². The van der Waals surface area contributed by atoms with Crippen LogP contribution in [0.3, 0.4) is 0 Å². The topological polar surface area (TPSA) is 122 Å². The van der Waals surface area contributed by atoms with Gasteiger partial charge in [-0.25, -0.2) is 23.1 Å². The number of nitrogens with two attached hydrogens (primary N) is 1. The van der Waals surface area contributed by atoms with Crippen molar-refractivity contribution in [3.63, 3.8) is 0 Å². The molecular formula is C19H22N4O4S. The first kappa shape index (κ1) is 19.8. The molecule has 3 rings (SSSR count). The highest BCUT2D eigenvalue weighted by Crippen LogP contribution is 2.34. The van der Waals surface area contributed by atoms with E-state index in [2.05, 4.69) is 10.3 Å². The Balaban J connectivity index is 1.77. The van der Waals surface area contributed by atoms with E-state index in [0.717, 1.165) is 16.7 Å². The summed E-state index contributed by atoms with van der Waals surface area (Å²) in [5.74, 6) is -1.08. The number of benzene rings is 1. The van der Waals surface area contributed by atoms with Gasteiger partial charge in [0.05, 0.1) is 12.0 Å². The minimum absolute atomic E-state index is 0.168. The zero-order valence-corrected chi connectivity index (χ0v) is 16.4. The molecule has 1 aliphatic heterocycles. The molecule has 3 N–H and O–H groups in total. The van der Waals surface area contributed by atoms with Crippen LogP contribution in [0.5, 0.6) is 0 Å². The van der Waals surface area contributed by atoms with Crippen molar-refractivity contribution in [2.24, 2.45) is 5.92 Å². The number of imide groups is 1. The molecule has 1 aliphatic rings. The predicted octanol–water partition coefficient (Wildman–Crippen LogP) is 1.51. The van der Waals surface area contributed by atoms with Crippen LogP contribution in [0, 0.1) is 5.92 Å². The molecule has 148 valence electrons. The van der Waals surface area contributed by atoms with Crippen molar-refractivity contribution in [1.29, 1.82) is 0 Å². The Bertz CT molecular complexity index is 994. The number of urea groups is 1. The second-order valence-corrected chi connectivity index (χ2v) is 9.05. The van der Waals surface area contributed by atoms with Gasteiger partial charge < -0.3 is 11.1 Å². The molecule has 1 saturated heterocycles. The summed E-state index contributed by atoms with van der Waals surface area (Å²) in [6, 6.07) is 11.4. The fraction of sp³-hybridized carbons (Fsp3) is 0.316. The Hall–Kier alpha value is -2.94. The van der Waals surface area contributed by atoms with Crippen molar-refractivity contribution in [3.05, 3.63) is 59.8 Å². The van der Waals surface area contributed by atoms with E-state index in [4.69, 9.17) is 5.73 Å². The number of nitrogen functional groups attached to an aromatic ring is 1. The molecular weight excluding hydrogens is 380 g/mol. The SMILES string of the molecule is C[C@@H](NC(=O)N1C(=O)C(Cc2ccnc(N)c2)[C@H]1S(C)(=O)=O)c1ccccc1. The largest absolute Gasteiger partial charge is 0.384 e. The van der Waals surface area contributed by atoms with E-state index in [9.17, 15) is 18.0 Å². The molecule has 1 unspecified atom stereocenters. The number of amides is 3. The fourth-order valence-corrected chi connectivity index (χ4v) is 4.76.